The lowest BCUT2D eigenvalue weighted by Crippen LogP contribution is -2.31. The Kier molecular flexibility index (Phi) is 3.60. The zero-order valence-electron chi connectivity index (χ0n) is 9.49. The van der Waals surface area contributed by atoms with E-state index >= 15 is 0 Å². The van der Waals surface area contributed by atoms with Gasteiger partial charge in [0.1, 0.15) is 11.6 Å². The van der Waals surface area contributed by atoms with Crippen molar-refractivity contribution in [3.05, 3.63) is 52.3 Å². The van der Waals surface area contributed by atoms with Crippen LogP contribution in [0.5, 0.6) is 0 Å². The van der Waals surface area contributed by atoms with Gasteiger partial charge in [0.05, 0.1) is 23.0 Å². The van der Waals surface area contributed by atoms with Crippen LogP contribution in [0.25, 0.3) is 0 Å². The molecule has 0 fully saturated rings. The second-order valence-corrected chi connectivity index (χ2v) is 4.17. The smallest absolute Gasteiger partial charge is 0.131 e. The van der Waals surface area contributed by atoms with Crippen LogP contribution in [0.2, 0.25) is 5.02 Å². The fourth-order valence-corrected chi connectivity index (χ4v) is 2.07. The van der Waals surface area contributed by atoms with E-state index in [0.29, 0.717) is 10.7 Å². The van der Waals surface area contributed by atoms with Crippen LogP contribution in [0.4, 0.5) is 8.78 Å². The van der Waals surface area contributed by atoms with Gasteiger partial charge >= 0.3 is 0 Å². The molecule has 0 radical (unpaired) electrons. The van der Waals surface area contributed by atoms with Crippen LogP contribution in [0.15, 0.2) is 24.4 Å². The molecule has 96 valence electrons. The molecule has 0 aliphatic carbocycles. The highest BCUT2D eigenvalue weighted by molar-refractivity contribution is 6.31. The Balaban J connectivity index is 2.52. The van der Waals surface area contributed by atoms with Crippen LogP contribution in [0.3, 0.4) is 0 Å². The molecule has 1 unspecified atom stereocenters. The summed E-state index contributed by atoms with van der Waals surface area (Å²) in [6.07, 6.45) is 1.43. The highest BCUT2D eigenvalue weighted by atomic mass is 35.5. The van der Waals surface area contributed by atoms with Gasteiger partial charge in [0, 0.05) is 18.7 Å². The standard InChI is InChI=1S/C11H11ClF2N4/c1-18-11(8(12)5-16-18)10(17-15)7-3-2-6(13)4-9(7)14/h2-5,10,17H,15H2,1H3. The monoisotopic (exact) mass is 272 g/mol. The average molecular weight is 273 g/mol. The fraction of sp³-hybridized carbons (Fsp3) is 0.182. The van der Waals surface area contributed by atoms with E-state index in [9.17, 15) is 8.78 Å². The normalized spacial score (nSPS) is 12.7. The summed E-state index contributed by atoms with van der Waals surface area (Å²) in [6.45, 7) is 0. The SMILES string of the molecule is Cn1ncc(Cl)c1C(NN)c1ccc(F)cc1F. The molecule has 0 aliphatic heterocycles. The van der Waals surface area contributed by atoms with Crippen molar-refractivity contribution >= 4 is 11.6 Å². The van der Waals surface area contributed by atoms with E-state index in [1.165, 1.54) is 16.9 Å². The molecule has 3 N–H and O–H groups in total. The van der Waals surface area contributed by atoms with Gasteiger partial charge in [-0.25, -0.2) is 14.2 Å². The van der Waals surface area contributed by atoms with Crippen molar-refractivity contribution in [3.8, 4) is 0 Å². The lowest BCUT2D eigenvalue weighted by Gasteiger charge is -2.18. The Morgan fingerprint density at radius 3 is 2.67 bits per heavy atom. The minimum atomic E-state index is -0.703. The van der Waals surface area contributed by atoms with E-state index in [0.717, 1.165) is 12.1 Å². The van der Waals surface area contributed by atoms with Gasteiger partial charge in [-0.05, 0) is 6.07 Å². The Morgan fingerprint density at radius 2 is 2.17 bits per heavy atom. The molecule has 1 atom stereocenters. The zero-order chi connectivity index (χ0) is 13.3. The number of aryl methyl sites for hydroxylation is 1. The number of hydrazine groups is 1. The molecule has 2 rings (SSSR count). The summed E-state index contributed by atoms with van der Waals surface area (Å²) >= 11 is 5.98. The predicted molar refractivity (Wildman–Crippen MR) is 63.7 cm³/mol. The Hall–Kier alpha value is -1.50. The number of hydrogen-bond acceptors (Lipinski definition) is 3. The minimum Gasteiger partial charge on any atom is -0.271 e. The Morgan fingerprint density at radius 1 is 1.44 bits per heavy atom. The summed E-state index contributed by atoms with van der Waals surface area (Å²) in [4.78, 5) is 0. The van der Waals surface area contributed by atoms with Gasteiger partial charge in [-0.1, -0.05) is 17.7 Å². The van der Waals surface area contributed by atoms with Crippen LogP contribution in [-0.4, -0.2) is 9.78 Å². The fourth-order valence-electron chi connectivity index (χ4n) is 1.80. The van der Waals surface area contributed by atoms with Gasteiger partial charge in [0.15, 0.2) is 0 Å². The number of nitrogens with zero attached hydrogens (tertiary/aromatic N) is 2. The summed E-state index contributed by atoms with van der Waals surface area (Å²) < 4.78 is 28.1. The largest absolute Gasteiger partial charge is 0.271 e. The molecular weight excluding hydrogens is 262 g/mol. The number of hydrogen-bond donors (Lipinski definition) is 2. The van der Waals surface area contributed by atoms with Crippen molar-refractivity contribution in [2.75, 3.05) is 0 Å². The van der Waals surface area contributed by atoms with Gasteiger partial charge in [0.2, 0.25) is 0 Å². The molecule has 0 aliphatic rings. The van der Waals surface area contributed by atoms with Crippen LogP contribution < -0.4 is 11.3 Å². The molecule has 0 spiro atoms. The topological polar surface area (TPSA) is 55.9 Å². The van der Waals surface area contributed by atoms with E-state index in [-0.39, 0.29) is 5.56 Å². The third-order valence-corrected chi connectivity index (χ3v) is 2.94. The second-order valence-electron chi connectivity index (χ2n) is 3.77. The highest BCUT2D eigenvalue weighted by Gasteiger charge is 2.22. The first-order chi connectivity index (χ1) is 8.54. The van der Waals surface area contributed by atoms with Gasteiger partial charge in [-0.2, -0.15) is 5.10 Å². The number of nitrogens with two attached hydrogens (primary N) is 1. The van der Waals surface area contributed by atoms with Gasteiger partial charge in [-0.15, -0.1) is 0 Å². The summed E-state index contributed by atoms with van der Waals surface area (Å²) in [5.41, 5.74) is 3.16. The van der Waals surface area contributed by atoms with E-state index < -0.39 is 17.7 Å². The first-order valence-corrected chi connectivity index (χ1v) is 5.51. The van der Waals surface area contributed by atoms with Crippen LogP contribution >= 0.6 is 11.6 Å². The Bertz CT molecular complexity index is 551. The van der Waals surface area contributed by atoms with Crippen molar-refractivity contribution in [1.82, 2.24) is 15.2 Å². The summed E-state index contributed by atoms with van der Waals surface area (Å²) in [5.74, 6) is 4.08. The van der Waals surface area contributed by atoms with Crippen LogP contribution in [0.1, 0.15) is 17.3 Å². The first kappa shape index (κ1) is 12.9. The second kappa shape index (κ2) is 5.01. The lowest BCUT2D eigenvalue weighted by atomic mass is 10.0. The number of halogens is 3. The number of nitrogens with one attached hydrogen (secondary N) is 1. The number of aromatic nitrogens is 2. The third-order valence-electron chi connectivity index (χ3n) is 2.65. The molecule has 18 heavy (non-hydrogen) atoms. The molecule has 0 amide bonds. The molecule has 1 aromatic heterocycles. The maximum atomic E-state index is 13.7. The molecule has 1 aromatic carbocycles. The van der Waals surface area contributed by atoms with Crippen molar-refractivity contribution in [2.45, 2.75) is 6.04 Å². The molecule has 2 aromatic rings. The van der Waals surface area contributed by atoms with Crippen molar-refractivity contribution in [3.63, 3.8) is 0 Å². The van der Waals surface area contributed by atoms with E-state index in [4.69, 9.17) is 17.4 Å². The van der Waals surface area contributed by atoms with E-state index in [2.05, 4.69) is 10.5 Å². The maximum absolute atomic E-state index is 13.7. The first-order valence-electron chi connectivity index (χ1n) is 5.13. The zero-order valence-corrected chi connectivity index (χ0v) is 10.2. The summed E-state index contributed by atoms with van der Waals surface area (Å²) in [7, 11) is 1.66. The van der Waals surface area contributed by atoms with Crippen molar-refractivity contribution in [2.24, 2.45) is 12.9 Å². The molecule has 1 heterocycles. The third kappa shape index (κ3) is 2.22. The predicted octanol–water partition coefficient (Wildman–Crippen LogP) is 1.90. The molecule has 0 saturated heterocycles. The van der Waals surface area contributed by atoms with E-state index in [1.807, 2.05) is 0 Å². The lowest BCUT2D eigenvalue weighted by molar-refractivity contribution is 0.522. The molecule has 0 saturated carbocycles. The number of rotatable bonds is 3. The molecular formula is C11H11ClF2N4. The van der Waals surface area contributed by atoms with Crippen LogP contribution in [-0.2, 0) is 7.05 Å². The van der Waals surface area contributed by atoms with Gasteiger partial charge < -0.3 is 0 Å². The Labute approximate surface area is 107 Å². The van der Waals surface area contributed by atoms with Crippen LogP contribution in [0, 0.1) is 11.6 Å². The van der Waals surface area contributed by atoms with Crippen molar-refractivity contribution in [1.29, 1.82) is 0 Å². The molecule has 0 bridgehead atoms. The van der Waals surface area contributed by atoms with E-state index in [1.54, 1.807) is 7.05 Å². The highest BCUT2D eigenvalue weighted by Crippen LogP contribution is 2.28. The minimum absolute atomic E-state index is 0.199. The average Bonchev–Trinajstić information content (AvgIpc) is 2.64. The number of benzene rings is 1. The van der Waals surface area contributed by atoms with Gasteiger partial charge in [0.25, 0.3) is 0 Å². The molecule has 7 heteroatoms. The van der Waals surface area contributed by atoms with Gasteiger partial charge in [-0.3, -0.25) is 10.5 Å². The van der Waals surface area contributed by atoms with Crippen molar-refractivity contribution < 1.29 is 8.78 Å². The quantitative estimate of drug-likeness (QED) is 0.663. The summed E-state index contributed by atoms with van der Waals surface area (Å²) in [6, 6.07) is 2.57. The molecule has 4 nitrogen and oxygen atoms in total. The summed E-state index contributed by atoms with van der Waals surface area (Å²) in [5, 5.41) is 4.30. The maximum Gasteiger partial charge on any atom is 0.131 e.